The fourth-order valence-corrected chi connectivity index (χ4v) is 6.29. The molecule has 5 atom stereocenters. The minimum atomic E-state index is -4.42. The average molecular weight is 525 g/mol. The van der Waals surface area contributed by atoms with Crippen molar-refractivity contribution in [2.75, 3.05) is 23.7 Å². The van der Waals surface area contributed by atoms with E-state index < -0.39 is 11.7 Å². The second-order valence-corrected chi connectivity index (χ2v) is 10.7. The van der Waals surface area contributed by atoms with Gasteiger partial charge in [-0.2, -0.15) is 13.2 Å². The molecule has 3 aliphatic heterocycles. The first-order chi connectivity index (χ1) is 17.6. The lowest BCUT2D eigenvalue weighted by molar-refractivity contribution is -0.137. The highest BCUT2D eigenvalue weighted by Gasteiger charge is 2.41. The van der Waals surface area contributed by atoms with Crippen LogP contribution in [0.4, 0.5) is 24.5 Å². The Morgan fingerprint density at radius 2 is 1.95 bits per heavy atom. The molecule has 1 aromatic heterocycles. The van der Waals surface area contributed by atoms with Gasteiger partial charge in [-0.25, -0.2) is 0 Å². The van der Waals surface area contributed by atoms with Crippen LogP contribution in [-0.2, 0) is 6.18 Å². The molecule has 3 fully saturated rings. The van der Waals surface area contributed by atoms with Gasteiger partial charge in [0.25, 0.3) is 0 Å². The summed E-state index contributed by atoms with van der Waals surface area (Å²) in [6, 6.07) is 12.3. The minimum absolute atomic E-state index is 0.225. The van der Waals surface area contributed by atoms with Crippen LogP contribution in [0.2, 0.25) is 0 Å². The summed E-state index contributed by atoms with van der Waals surface area (Å²) < 4.78 is 39.6. The molecule has 6 rings (SSSR count). The van der Waals surface area contributed by atoms with Crippen LogP contribution in [0.25, 0.3) is 10.9 Å². The quantitative estimate of drug-likeness (QED) is 0.269. The van der Waals surface area contributed by atoms with Crippen LogP contribution in [-0.4, -0.2) is 34.1 Å². The van der Waals surface area contributed by atoms with Gasteiger partial charge in [0.15, 0.2) is 5.11 Å². The SMILES string of the molecule is C=CC1CN2CCC1CC2[C@@H](C)c1ccnc2ccc(NC(=S)Nc3cc(C)cc(C(F)(F)F)c3)cc12. The van der Waals surface area contributed by atoms with Crippen molar-refractivity contribution in [1.82, 2.24) is 9.88 Å². The van der Waals surface area contributed by atoms with E-state index in [1.807, 2.05) is 24.4 Å². The van der Waals surface area contributed by atoms with Crippen LogP contribution in [0.15, 0.2) is 61.3 Å². The van der Waals surface area contributed by atoms with Gasteiger partial charge in [0.05, 0.1) is 11.1 Å². The maximum atomic E-state index is 13.2. The van der Waals surface area contributed by atoms with E-state index in [2.05, 4.69) is 46.2 Å². The molecule has 194 valence electrons. The molecular formula is C29H31F3N4S. The Bertz CT molecular complexity index is 1340. The first kappa shape index (κ1) is 25.7. The zero-order valence-corrected chi connectivity index (χ0v) is 21.8. The van der Waals surface area contributed by atoms with Gasteiger partial charge in [-0.05, 0) is 110 Å². The Morgan fingerprint density at radius 1 is 1.16 bits per heavy atom. The van der Waals surface area contributed by atoms with Crippen molar-refractivity contribution >= 4 is 39.6 Å². The number of piperidine rings is 3. The third kappa shape index (κ3) is 5.36. The molecule has 0 spiro atoms. The number of benzene rings is 2. The van der Waals surface area contributed by atoms with Crippen molar-refractivity contribution in [2.45, 2.75) is 44.8 Å². The number of pyridine rings is 1. The molecule has 4 unspecified atom stereocenters. The van der Waals surface area contributed by atoms with Crippen LogP contribution in [0.1, 0.15) is 42.4 Å². The molecule has 2 aromatic carbocycles. The van der Waals surface area contributed by atoms with E-state index in [1.165, 1.54) is 18.4 Å². The first-order valence-electron chi connectivity index (χ1n) is 12.6. The summed E-state index contributed by atoms with van der Waals surface area (Å²) in [7, 11) is 0. The Kier molecular flexibility index (Phi) is 6.98. The summed E-state index contributed by atoms with van der Waals surface area (Å²) in [5.74, 6) is 1.60. The van der Waals surface area contributed by atoms with E-state index in [0.29, 0.717) is 35.0 Å². The lowest BCUT2D eigenvalue weighted by Crippen LogP contribution is -2.54. The number of hydrogen-bond acceptors (Lipinski definition) is 3. The number of aromatic nitrogens is 1. The van der Waals surface area contributed by atoms with E-state index in [-0.39, 0.29) is 5.11 Å². The third-order valence-electron chi connectivity index (χ3n) is 7.92. The Balaban J connectivity index is 1.36. The van der Waals surface area contributed by atoms with Crippen LogP contribution >= 0.6 is 12.2 Å². The van der Waals surface area contributed by atoms with Gasteiger partial charge in [0.1, 0.15) is 0 Å². The zero-order valence-electron chi connectivity index (χ0n) is 21.0. The lowest BCUT2D eigenvalue weighted by atomic mass is 9.71. The molecule has 0 amide bonds. The Morgan fingerprint density at radius 3 is 2.65 bits per heavy atom. The highest BCUT2D eigenvalue weighted by Crippen LogP contribution is 2.43. The average Bonchev–Trinajstić information content (AvgIpc) is 2.87. The highest BCUT2D eigenvalue weighted by atomic mass is 32.1. The number of alkyl halides is 3. The van der Waals surface area contributed by atoms with Crippen molar-refractivity contribution in [3.8, 4) is 0 Å². The monoisotopic (exact) mass is 524 g/mol. The van der Waals surface area contributed by atoms with Gasteiger partial charge in [0, 0.05) is 35.5 Å². The van der Waals surface area contributed by atoms with Gasteiger partial charge in [-0.1, -0.05) is 13.0 Å². The third-order valence-corrected chi connectivity index (χ3v) is 8.12. The molecule has 8 heteroatoms. The molecule has 4 heterocycles. The topological polar surface area (TPSA) is 40.2 Å². The molecule has 0 radical (unpaired) electrons. The molecule has 2 bridgehead atoms. The van der Waals surface area contributed by atoms with Crippen LogP contribution < -0.4 is 10.6 Å². The van der Waals surface area contributed by atoms with Gasteiger partial charge in [0.2, 0.25) is 0 Å². The van der Waals surface area contributed by atoms with Gasteiger partial charge < -0.3 is 10.6 Å². The first-order valence-corrected chi connectivity index (χ1v) is 13.1. The number of anilines is 2. The van der Waals surface area contributed by atoms with Crippen LogP contribution in [0, 0.1) is 18.8 Å². The smallest absolute Gasteiger partial charge is 0.332 e. The molecule has 4 nitrogen and oxygen atoms in total. The number of thiocarbonyl (C=S) groups is 1. The van der Waals surface area contributed by atoms with E-state index in [9.17, 15) is 13.2 Å². The predicted molar refractivity (Wildman–Crippen MR) is 148 cm³/mol. The van der Waals surface area contributed by atoms with E-state index in [1.54, 1.807) is 13.0 Å². The number of fused-ring (bicyclic) bond motifs is 4. The molecular weight excluding hydrogens is 493 g/mol. The van der Waals surface area contributed by atoms with Crippen molar-refractivity contribution in [2.24, 2.45) is 11.8 Å². The number of rotatable bonds is 5. The number of aryl methyl sites for hydroxylation is 1. The fraction of sp³-hybridized carbons (Fsp3) is 0.379. The second kappa shape index (κ2) is 10.1. The number of nitrogens with zero attached hydrogens (tertiary/aromatic N) is 2. The summed E-state index contributed by atoms with van der Waals surface area (Å²) in [6.45, 7) is 10.2. The highest BCUT2D eigenvalue weighted by molar-refractivity contribution is 7.80. The fourth-order valence-electron chi connectivity index (χ4n) is 6.06. The second-order valence-electron chi connectivity index (χ2n) is 10.3. The predicted octanol–water partition coefficient (Wildman–Crippen LogP) is 7.37. The van der Waals surface area contributed by atoms with Crippen molar-refractivity contribution < 1.29 is 13.2 Å². The normalized spacial score (nSPS) is 24.0. The molecule has 37 heavy (non-hydrogen) atoms. The van der Waals surface area contributed by atoms with Crippen molar-refractivity contribution in [3.63, 3.8) is 0 Å². The summed E-state index contributed by atoms with van der Waals surface area (Å²) in [5, 5.41) is 7.32. The lowest BCUT2D eigenvalue weighted by Gasteiger charge is -2.51. The van der Waals surface area contributed by atoms with E-state index in [4.69, 9.17) is 12.2 Å². The van der Waals surface area contributed by atoms with E-state index >= 15 is 0 Å². The van der Waals surface area contributed by atoms with Crippen molar-refractivity contribution in [1.29, 1.82) is 0 Å². The Labute approximate surface area is 221 Å². The maximum Gasteiger partial charge on any atom is 0.416 e. The van der Waals surface area contributed by atoms with Crippen LogP contribution in [0.3, 0.4) is 0 Å². The molecule has 3 saturated heterocycles. The minimum Gasteiger partial charge on any atom is -0.332 e. The van der Waals surface area contributed by atoms with Crippen LogP contribution in [0.5, 0.6) is 0 Å². The molecule has 2 N–H and O–H groups in total. The standard InChI is InChI=1S/C29H31F3N4S/c1-4-19-16-36-10-8-20(19)13-27(36)18(3)24-7-9-33-26-6-5-22(15-25(24)26)34-28(37)35-23-12-17(2)11-21(14-23)29(30,31)32/h4-7,9,11-12,14-15,18-20,27H,1,8,10,13,16H2,2-3H3,(H2,34,35,37)/t18-,19?,20?,27?/m0/s1. The summed E-state index contributed by atoms with van der Waals surface area (Å²) >= 11 is 5.43. The number of nitrogens with one attached hydrogen (secondary N) is 2. The summed E-state index contributed by atoms with van der Waals surface area (Å²) in [6.07, 6.45) is 1.98. The summed E-state index contributed by atoms with van der Waals surface area (Å²) in [5.41, 5.74) is 2.99. The molecule has 0 aliphatic carbocycles. The largest absolute Gasteiger partial charge is 0.416 e. The molecule has 3 aliphatic rings. The van der Waals surface area contributed by atoms with E-state index in [0.717, 1.165) is 41.8 Å². The van der Waals surface area contributed by atoms with Gasteiger partial charge >= 0.3 is 6.18 Å². The Hall–Kier alpha value is -2.97. The van der Waals surface area contributed by atoms with Gasteiger partial charge in [-0.15, -0.1) is 6.58 Å². The van der Waals surface area contributed by atoms with Gasteiger partial charge in [-0.3, -0.25) is 9.88 Å². The summed E-state index contributed by atoms with van der Waals surface area (Å²) in [4.78, 5) is 7.18. The number of hydrogen-bond donors (Lipinski definition) is 2. The zero-order chi connectivity index (χ0) is 26.3. The molecule has 0 saturated carbocycles. The number of halogens is 3. The molecule has 3 aromatic rings. The van der Waals surface area contributed by atoms with Crippen molar-refractivity contribution in [3.05, 3.63) is 78.0 Å². The maximum absolute atomic E-state index is 13.2.